The summed E-state index contributed by atoms with van der Waals surface area (Å²) in [6.45, 7) is 1.11. The molecule has 0 spiro atoms. The minimum atomic E-state index is 0.869. The second kappa shape index (κ2) is 3.57. The Morgan fingerprint density at radius 3 is 2.93 bits per heavy atom. The van der Waals surface area contributed by atoms with Gasteiger partial charge in [0.25, 0.3) is 0 Å². The summed E-state index contributed by atoms with van der Waals surface area (Å²) in [5, 5.41) is 2.12. The highest BCUT2D eigenvalue weighted by atomic mass is 35.5. The Hall–Kier alpha value is -0.950. The molecule has 0 unspecified atom stereocenters. The van der Waals surface area contributed by atoms with Gasteiger partial charge in [0.1, 0.15) is 0 Å². The summed E-state index contributed by atoms with van der Waals surface area (Å²) in [5.41, 5.74) is 1.19. The van der Waals surface area contributed by atoms with E-state index in [9.17, 15) is 0 Å². The first kappa shape index (κ1) is 9.29. The summed E-state index contributed by atoms with van der Waals surface area (Å²) < 4.78 is 2.29. The van der Waals surface area contributed by atoms with Crippen molar-refractivity contribution >= 4 is 22.5 Å². The Labute approximate surface area is 94.7 Å². The van der Waals surface area contributed by atoms with Crippen LogP contribution in [0.25, 0.3) is 10.9 Å². The number of para-hydroxylation sites is 1. The van der Waals surface area contributed by atoms with E-state index in [0.717, 1.165) is 17.5 Å². The number of aryl methyl sites for hydroxylation is 1. The van der Waals surface area contributed by atoms with Gasteiger partial charge in [0.15, 0.2) is 0 Å². The number of aromatic nitrogens is 1. The quantitative estimate of drug-likeness (QED) is 0.733. The van der Waals surface area contributed by atoms with E-state index in [2.05, 4.69) is 22.9 Å². The number of nitrogens with zero attached hydrogens (tertiary/aromatic N) is 1. The molecule has 3 rings (SSSR count). The predicted molar refractivity (Wildman–Crippen MR) is 64.3 cm³/mol. The zero-order valence-corrected chi connectivity index (χ0v) is 9.37. The van der Waals surface area contributed by atoms with E-state index in [0.29, 0.717) is 0 Å². The molecule has 1 aromatic carbocycles. The van der Waals surface area contributed by atoms with E-state index in [4.69, 9.17) is 11.6 Å². The van der Waals surface area contributed by atoms with Crippen LogP contribution in [0.15, 0.2) is 30.5 Å². The molecule has 0 aliphatic heterocycles. The Kier molecular flexibility index (Phi) is 2.21. The minimum Gasteiger partial charge on any atom is -0.346 e. The van der Waals surface area contributed by atoms with Gasteiger partial charge in [-0.25, -0.2) is 0 Å². The normalized spacial score (nSPS) is 16.1. The second-order valence-electron chi connectivity index (χ2n) is 4.42. The highest BCUT2D eigenvalue weighted by Crippen LogP contribution is 2.33. The van der Waals surface area contributed by atoms with Gasteiger partial charge in [-0.3, -0.25) is 0 Å². The molecule has 1 aliphatic carbocycles. The molecular formula is C13H14ClN. The van der Waals surface area contributed by atoms with Crippen LogP contribution in [0.3, 0.4) is 0 Å². The molecule has 0 N–H and O–H groups in total. The molecule has 15 heavy (non-hydrogen) atoms. The summed E-state index contributed by atoms with van der Waals surface area (Å²) in [5.74, 6) is 0.977. The van der Waals surface area contributed by atoms with E-state index in [1.165, 1.54) is 30.2 Å². The minimum absolute atomic E-state index is 0.869. The van der Waals surface area contributed by atoms with Gasteiger partial charge in [0, 0.05) is 18.1 Å². The Balaban J connectivity index is 1.94. The Morgan fingerprint density at radius 1 is 1.27 bits per heavy atom. The maximum absolute atomic E-state index is 6.21. The van der Waals surface area contributed by atoms with Gasteiger partial charge >= 0.3 is 0 Å². The molecule has 0 bridgehead atoms. The monoisotopic (exact) mass is 219 g/mol. The Morgan fingerprint density at radius 2 is 2.13 bits per heavy atom. The van der Waals surface area contributed by atoms with Crippen LogP contribution in [-0.2, 0) is 6.54 Å². The van der Waals surface area contributed by atoms with Gasteiger partial charge in [-0.05, 0) is 24.5 Å². The van der Waals surface area contributed by atoms with Gasteiger partial charge in [-0.15, -0.1) is 0 Å². The fraction of sp³-hybridized carbons (Fsp3) is 0.385. The van der Waals surface area contributed by atoms with Crippen molar-refractivity contribution in [2.24, 2.45) is 5.92 Å². The maximum Gasteiger partial charge on any atom is 0.0669 e. The molecule has 1 nitrogen and oxygen atoms in total. The van der Waals surface area contributed by atoms with Gasteiger partial charge in [-0.1, -0.05) is 36.6 Å². The fourth-order valence-corrected chi connectivity index (χ4v) is 2.42. The standard InChI is InChI=1S/C13H14ClN/c14-12-3-1-2-11-7-9-15(13(11)12)8-6-10-4-5-10/h1-3,7,9-10H,4-6,8H2. The molecular weight excluding hydrogens is 206 g/mol. The number of hydrogen-bond acceptors (Lipinski definition) is 0. The summed E-state index contributed by atoms with van der Waals surface area (Å²) in [6.07, 6.45) is 6.30. The van der Waals surface area contributed by atoms with Gasteiger partial charge in [-0.2, -0.15) is 0 Å². The van der Waals surface area contributed by atoms with Crippen LogP contribution in [0.4, 0.5) is 0 Å². The van der Waals surface area contributed by atoms with Crippen molar-refractivity contribution in [1.29, 1.82) is 0 Å². The topological polar surface area (TPSA) is 4.93 Å². The fourth-order valence-electron chi connectivity index (χ4n) is 2.13. The van der Waals surface area contributed by atoms with Crippen LogP contribution >= 0.6 is 11.6 Å². The highest BCUT2D eigenvalue weighted by molar-refractivity contribution is 6.35. The zero-order valence-electron chi connectivity index (χ0n) is 8.62. The van der Waals surface area contributed by atoms with Gasteiger partial charge in [0.2, 0.25) is 0 Å². The molecule has 1 fully saturated rings. The molecule has 0 amide bonds. The molecule has 1 heterocycles. The van der Waals surface area contributed by atoms with Crippen LogP contribution in [-0.4, -0.2) is 4.57 Å². The van der Waals surface area contributed by atoms with E-state index < -0.39 is 0 Å². The van der Waals surface area contributed by atoms with Crippen molar-refractivity contribution in [1.82, 2.24) is 4.57 Å². The van der Waals surface area contributed by atoms with Gasteiger partial charge < -0.3 is 4.57 Å². The van der Waals surface area contributed by atoms with Crippen molar-refractivity contribution in [2.75, 3.05) is 0 Å². The molecule has 0 saturated heterocycles. The summed E-state index contributed by atoms with van der Waals surface area (Å²) in [6, 6.07) is 8.25. The van der Waals surface area contributed by atoms with Crippen molar-refractivity contribution in [3.8, 4) is 0 Å². The van der Waals surface area contributed by atoms with Gasteiger partial charge in [0.05, 0.1) is 10.5 Å². The van der Waals surface area contributed by atoms with Crippen molar-refractivity contribution in [3.05, 3.63) is 35.5 Å². The summed E-state index contributed by atoms with van der Waals surface area (Å²) >= 11 is 6.21. The number of hydrogen-bond donors (Lipinski definition) is 0. The number of halogens is 1. The Bertz CT molecular complexity index is 482. The lowest BCUT2D eigenvalue weighted by atomic mass is 10.2. The molecule has 78 valence electrons. The maximum atomic E-state index is 6.21. The van der Waals surface area contributed by atoms with E-state index in [1.807, 2.05) is 12.1 Å². The van der Waals surface area contributed by atoms with Crippen molar-refractivity contribution in [3.63, 3.8) is 0 Å². The number of rotatable bonds is 3. The largest absolute Gasteiger partial charge is 0.346 e. The van der Waals surface area contributed by atoms with Crippen LogP contribution in [0.1, 0.15) is 19.3 Å². The smallest absolute Gasteiger partial charge is 0.0669 e. The molecule has 0 radical (unpaired) electrons. The van der Waals surface area contributed by atoms with Crippen molar-refractivity contribution in [2.45, 2.75) is 25.8 Å². The lowest BCUT2D eigenvalue weighted by molar-refractivity contribution is 0.611. The molecule has 0 atom stereocenters. The lowest BCUT2D eigenvalue weighted by Crippen LogP contribution is -1.97. The van der Waals surface area contributed by atoms with E-state index >= 15 is 0 Å². The molecule has 2 aromatic rings. The lowest BCUT2D eigenvalue weighted by Gasteiger charge is -2.05. The average molecular weight is 220 g/mol. The van der Waals surface area contributed by atoms with E-state index in [1.54, 1.807) is 0 Å². The summed E-state index contributed by atoms with van der Waals surface area (Å²) in [4.78, 5) is 0. The first-order valence-electron chi connectivity index (χ1n) is 5.58. The molecule has 2 heteroatoms. The average Bonchev–Trinajstić information content (AvgIpc) is 2.96. The molecule has 1 aliphatic rings. The number of benzene rings is 1. The SMILES string of the molecule is Clc1cccc2ccn(CCC3CC3)c12. The first-order chi connectivity index (χ1) is 7.34. The number of fused-ring (bicyclic) bond motifs is 1. The molecule has 1 aromatic heterocycles. The first-order valence-corrected chi connectivity index (χ1v) is 5.96. The van der Waals surface area contributed by atoms with Crippen LogP contribution < -0.4 is 0 Å². The summed E-state index contributed by atoms with van der Waals surface area (Å²) in [7, 11) is 0. The van der Waals surface area contributed by atoms with Crippen LogP contribution in [0.5, 0.6) is 0 Å². The van der Waals surface area contributed by atoms with Crippen LogP contribution in [0.2, 0.25) is 5.02 Å². The van der Waals surface area contributed by atoms with Crippen molar-refractivity contribution < 1.29 is 0 Å². The second-order valence-corrected chi connectivity index (χ2v) is 4.83. The third-order valence-electron chi connectivity index (χ3n) is 3.21. The zero-order chi connectivity index (χ0) is 10.3. The third-order valence-corrected chi connectivity index (χ3v) is 3.52. The molecule has 1 saturated carbocycles. The predicted octanol–water partition coefficient (Wildman–Crippen LogP) is 4.09. The van der Waals surface area contributed by atoms with Crippen LogP contribution in [0, 0.1) is 5.92 Å². The van der Waals surface area contributed by atoms with E-state index in [-0.39, 0.29) is 0 Å². The third kappa shape index (κ3) is 1.76. The highest BCUT2D eigenvalue weighted by Gasteiger charge is 2.20.